The van der Waals surface area contributed by atoms with E-state index < -0.39 is 0 Å². The van der Waals surface area contributed by atoms with Crippen molar-refractivity contribution < 1.29 is 9.53 Å². The van der Waals surface area contributed by atoms with Gasteiger partial charge in [-0.1, -0.05) is 35.5 Å². The molecule has 1 heterocycles. The zero-order valence-electron chi connectivity index (χ0n) is 16.3. The lowest BCUT2D eigenvalue weighted by Crippen LogP contribution is -2.15. The van der Waals surface area contributed by atoms with Crippen LogP contribution in [0.3, 0.4) is 0 Å². The van der Waals surface area contributed by atoms with E-state index in [-0.39, 0.29) is 11.7 Å². The Bertz CT molecular complexity index is 1020. The third-order valence-corrected chi connectivity index (χ3v) is 5.11. The predicted molar refractivity (Wildman–Crippen MR) is 113 cm³/mol. The molecular formula is C21H21N5O2S. The molecule has 0 spiro atoms. The van der Waals surface area contributed by atoms with Crippen LogP contribution >= 0.6 is 11.8 Å². The number of thioether (sulfide) groups is 1. The Labute approximate surface area is 173 Å². The van der Waals surface area contributed by atoms with Gasteiger partial charge in [-0.05, 0) is 37.3 Å². The summed E-state index contributed by atoms with van der Waals surface area (Å²) in [6, 6.07) is 16.9. The zero-order chi connectivity index (χ0) is 20.6. The number of aryl methyl sites for hydroxylation is 1. The van der Waals surface area contributed by atoms with Gasteiger partial charge in [-0.2, -0.15) is 5.26 Å². The molecule has 0 bridgehead atoms. The predicted octanol–water partition coefficient (Wildman–Crippen LogP) is 3.50. The van der Waals surface area contributed by atoms with Gasteiger partial charge in [0.05, 0.1) is 30.5 Å². The van der Waals surface area contributed by atoms with Crippen LogP contribution in [0.15, 0.2) is 53.7 Å². The van der Waals surface area contributed by atoms with Crippen LogP contribution in [0.5, 0.6) is 0 Å². The summed E-state index contributed by atoms with van der Waals surface area (Å²) >= 11 is 1.32. The number of methoxy groups -OCH3 is 1. The summed E-state index contributed by atoms with van der Waals surface area (Å²) in [6.45, 7) is 3.14. The lowest BCUT2D eigenvalue weighted by molar-refractivity contribution is -0.113. The highest BCUT2D eigenvalue weighted by atomic mass is 32.2. The van der Waals surface area contributed by atoms with Gasteiger partial charge in [0.15, 0.2) is 11.0 Å². The van der Waals surface area contributed by atoms with Crippen LogP contribution in [0.4, 0.5) is 5.69 Å². The number of hydrogen-bond donors (Lipinski definition) is 1. The largest absolute Gasteiger partial charge is 0.383 e. The van der Waals surface area contributed by atoms with E-state index in [1.165, 1.54) is 11.8 Å². The quantitative estimate of drug-likeness (QED) is 0.575. The first kappa shape index (κ1) is 20.6. The van der Waals surface area contributed by atoms with Gasteiger partial charge < -0.3 is 10.1 Å². The SMILES string of the molecule is COCCn1c(SCC(=O)Nc2ccc(C#N)cc2)nnc1-c1cccc(C)c1. The molecule has 148 valence electrons. The van der Waals surface area contributed by atoms with Crippen LogP contribution in [-0.2, 0) is 16.1 Å². The van der Waals surface area contributed by atoms with E-state index in [0.717, 1.165) is 17.0 Å². The van der Waals surface area contributed by atoms with Gasteiger partial charge in [-0.3, -0.25) is 9.36 Å². The second-order valence-corrected chi connectivity index (χ2v) is 7.29. The Morgan fingerprint density at radius 3 is 2.72 bits per heavy atom. The smallest absolute Gasteiger partial charge is 0.234 e. The fraction of sp³-hybridized carbons (Fsp3) is 0.238. The van der Waals surface area contributed by atoms with Crippen molar-refractivity contribution >= 4 is 23.4 Å². The van der Waals surface area contributed by atoms with Crippen molar-refractivity contribution in [2.45, 2.75) is 18.6 Å². The molecule has 29 heavy (non-hydrogen) atoms. The fourth-order valence-corrected chi connectivity index (χ4v) is 3.50. The summed E-state index contributed by atoms with van der Waals surface area (Å²) in [5.74, 6) is 0.790. The third kappa shape index (κ3) is 5.44. The summed E-state index contributed by atoms with van der Waals surface area (Å²) in [4.78, 5) is 12.3. The molecule has 0 unspecified atom stereocenters. The van der Waals surface area contributed by atoms with Gasteiger partial charge in [-0.25, -0.2) is 0 Å². The van der Waals surface area contributed by atoms with E-state index in [4.69, 9.17) is 10.00 Å². The Morgan fingerprint density at radius 1 is 1.24 bits per heavy atom. The first-order valence-corrected chi connectivity index (χ1v) is 10.0. The number of benzene rings is 2. The minimum absolute atomic E-state index is 0.155. The first-order valence-electron chi connectivity index (χ1n) is 9.02. The van der Waals surface area contributed by atoms with Crippen molar-refractivity contribution in [3.63, 3.8) is 0 Å². The highest BCUT2D eigenvalue weighted by Crippen LogP contribution is 2.25. The van der Waals surface area contributed by atoms with Crippen molar-refractivity contribution in [2.75, 3.05) is 24.8 Å². The molecule has 0 saturated carbocycles. The van der Waals surface area contributed by atoms with Crippen molar-refractivity contribution in [3.8, 4) is 17.5 Å². The van der Waals surface area contributed by atoms with Crippen LogP contribution < -0.4 is 5.32 Å². The number of carbonyl (C=O) groups is 1. The number of nitrogens with one attached hydrogen (secondary N) is 1. The van der Waals surface area contributed by atoms with Crippen molar-refractivity contribution in [1.82, 2.24) is 14.8 Å². The van der Waals surface area contributed by atoms with Gasteiger partial charge in [-0.15, -0.1) is 10.2 Å². The van der Waals surface area contributed by atoms with E-state index in [1.807, 2.05) is 29.7 Å². The minimum Gasteiger partial charge on any atom is -0.383 e. The second kappa shape index (κ2) is 9.87. The number of rotatable bonds is 8. The van der Waals surface area contributed by atoms with E-state index in [2.05, 4.69) is 27.6 Å². The zero-order valence-corrected chi connectivity index (χ0v) is 17.1. The highest BCUT2D eigenvalue weighted by Gasteiger charge is 2.16. The number of hydrogen-bond acceptors (Lipinski definition) is 6. The average Bonchev–Trinajstić information content (AvgIpc) is 3.14. The molecule has 7 nitrogen and oxygen atoms in total. The van der Waals surface area contributed by atoms with Crippen molar-refractivity contribution in [3.05, 3.63) is 59.7 Å². The van der Waals surface area contributed by atoms with Crippen molar-refractivity contribution in [1.29, 1.82) is 5.26 Å². The number of anilines is 1. The fourth-order valence-electron chi connectivity index (χ4n) is 2.73. The molecule has 0 fully saturated rings. The molecule has 2 aromatic carbocycles. The number of carbonyl (C=O) groups excluding carboxylic acids is 1. The van der Waals surface area contributed by atoms with Crippen molar-refractivity contribution in [2.24, 2.45) is 0 Å². The number of ether oxygens (including phenoxy) is 1. The van der Waals surface area contributed by atoms with Crippen LogP contribution in [-0.4, -0.2) is 40.1 Å². The maximum Gasteiger partial charge on any atom is 0.234 e. The molecular weight excluding hydrogens is 386 g/mol. The summed E-state index contributed by atoms with van der Waals surface area (Å²) in [7, 11) is 1.65. The Hall–Kier alpha value is -3.15. The summed E-state index contributed by atoms with van der Waals surface area (Å²) < 4.78 is 7.19. The van der Waals surface area contributed by atoms with Gasteiger partial charge in [0.25, 0.3) is 0 Å². The maximum atomic E-state index is 12.3. The van der Waals surface area contributed by atoms with E-state index in [0.29, 0.717) is 29.6 Å². The Kier molecular flexibility index (Phi) is 7.00. The number of amides is 1. The first-order chi connectivity index (χ1) is 14.1. The number of nitriles is 1. The van der Waals surface area contributed by atoms with Crippen LogP contribution in [0.2, 0.25) is 0 Å². The second-order valence-electron chi connectivity index (χ2n) is 6.35. The lowest BCUT2D eigenvalue weighted by Gasteiger charge is -2.10. The molecule has 8 heteroatoms. The molecule has 3 aromatic rings. The van der Waals surface area contributed by atoms with Gasteiger partial charge >= 0.3 is 0 Å². The maximum absolute atomic E-state index is 12.3. The molecule has 3 rings (SSSR count). The normalized spacial score (nSPS) is 10.5. The monoisotopic (exact) mass is 407 g/mol. The lowest BCUT2D eigenvalue weighted by atomic mass is 10.1. The third-order valence-electron chi connectivity index (χ3n) is 4.14. The standard InChI is InChI=1S/C21H21N5O2S/c1-15-4-3-5-17(12-15)20-24-25-21(26(20)10-11-28-2)29-14-19(27)23-18-8-6-16(13-22)7-9-18/h3-9,12H,10-11,14H2,1-2H3,(H,23,27). The average molecular weight is 407 g/mol. The molecule has 0 aliphatic carbocycles. The van der Waals surface area contributed by atoms with Gasteiger partial charge in [0, 0.05) is 18.4 Å². The summed E-state index contributed by atoms with van der Waals surface area (Å²) in [6.07, 6.45) is 0. The molecule has 0 saturated heterocycles. The van der Waals surface area contributed by atoms with E-state index >= 15 is 0 Å². The number of aromatic nitrogens is 3. The van der Waals surface area contributed by atoms with Gasteiger partial charge in [0.1, 0.15) is 0 Å². The molecule has 1 N–H and O–H groups in total. The molecule has 1 amide bonds. The highest BCUT2D eigenvalue weighted by molar-refractivity contribution is 7.99. The number of nitrogens with zero attached hydrogens (tertiary/aromatic N) is 4. The van der Waals surface area contributed by atoms with Crippen LogP contribution in [0, 0.1) is 18.3 Å². The van der Waals surface area contributed by atoms with E-state index in [9.17, 15) is 4.79 Å². The molecule has 0 atom stereocenters. The summed E-state index contributed by atoms with van der Waals surface area (Å²) in [5.41, 5.74) is 3.31. The van der Waals surface area contributed by atoms with Gasteiger partial charge in [0.2, 0.25) is 5.91 Å². The van der Waals surface area contributed by atoms with Crippen LogP contribution in [0.1, 0.15) is 11.1 Å². The molecule has 0 radical (unpaired) electrons. The Balaban J connectivity index is 1.71. The molecule has 1 aromatic heterocycles. The summed E-state index contributed by atoms with van der Waals surface area (Å²) in [5, 5.41) is 20.9. The molecule has 0 aliphatic rings. The minimum atomic E-state index is -0.155. The van der Waals surface area contributed by atoms with Crippen LogP contribution in [0.25, 0.3) is 11.4 Å². The Morgan fingerprint density at radius 2 is 2.03 bits per heavy atom. The molecule has 0 aliphatic heterocycles. The topological polar surface area (TPSA) is 92.8 Å². The van der Waals surface area contributed by atoms with E-state index in [1.54, 1.807) is 31.4 Å².